The molecule has 0 bridgehead atoms. The first-order valence-electron chi connectivity index (χ1n) is 6.26. The third-order valence-electron chi connectivity index (χ3n) is 4.23. The van der Waals surface area contributed by atoms with E-state index in [1.54, 1.807) is 0 Å². The monoisotopic (exact) mass is 210 g/mol. The fourth-order valence-corrected chi connectivity index (χ4v) is 3.16. The predicted octanol–water partition coefficient (Wildman–Crippen LogP) is 3.63. The molecule has 1 saturated carbocycles. The van der Waals surface area contributed by atoms with Crippen molar-refractivity contribution in [2.75, 3.05) is 0 Å². The lowest BCUT2D eigenvalue weighted by molar-refractivity contribution is -0.105. The summed E-state index contributed by atoms with van der Waals surface area (Å²) in [6.07, 6.45) is 5.26. The fourth-order valence-electron chi connectivity index (χ4n) is 3.16. The van der Waals surface area contributed by atoms with Gasteiger partial charge >= 0.3 is 0 Å². The van der Waals surface area contributed by atoms with Gasteiger partial charge < -0.3 is 5.11 Å². The van der Waals surface area contributed by atoms with Crippen molar-refractivity contribution in [3.63, 3.8) is 0 Å². The van der Waals surface area contributed by atoms with Gasteiger partial charge in [0.2, 0.25) is 0 Å². The van der Waals surface area contributed by atoms with Crippen LogP contribution in [0.25, 0.3) is 0 Å². The molecule has 0 radical (unpaired) electrons. The van der Waals surface area contributed by atoms with Crippen molar-refractivity contribution in [2.24, 2.45) is 23.7 Å². The van der Waals surface area contributed by atoms with Crippen molar-refractivity contribution in [1.29, 1.82) is 0 Å². The Morgan fingerprint density at radius 1 is 1.33 bits per heavy atom. The summed E-state index contributed by atoms with van der Waals surface area (Å²) >= 11 is 0. The molecule has 0 spiro atoms. The minimum Gasteiger partial charge on any atom is -0.389 e. The summed E-state index contributed by atoms with van der Waals surface area (Å²) in [7, 11) is 0. The van der Waals surface area contributed by atoms with E-state index in [1.165, 1.54) is 6.42 Å². The van der Waals surface area contributed by atoms with Gasteiger partial charge in [-0.15, -0.1) is 6.58 Å². The summed E-state index contributed by atoms with van der Waals surface area (Å²) in [4.78, 5) is 0. The Kier molecular flexibility index (Phi) is 3.99. The highest BCUT2D eigenvalue weighted by Crippen LogP contribution is 2.45. The third kappa shape index (κ3) is 2.44. The fraction of sp³-hybridized carbons (Fsp3) is 0.857. The summed E-state index contributed by atoms with van der Waals surface area (Å²) in [5.41, 5.74) is -0.520. The van der Waals surface area contributed by atoms with Crippen molar-refractivity contribution in [1.82, 2.24) is 0 Å². The Morgan fingerprint density at radius 3 is 2.40 bits per heavy atom. The van der Waals surface area contributed by atoms with Crippen LogP contribution >= 0.6 is 0 Å². The lowest BCUT2D eigenvalue weighted by atomic mass is 9.62. The van der Waals surface area contributed by atoms with E-state index in [1.807, 2.05) is 6.08 Å². The molecule has 1 rings (SSSR count). The van der Waals surface area contributed by atoms with E-state index in [0.29, 0.717) is 17.8 Å². The van der Waals surface area contributed by atoms with Crippen LogP contribution in [0.2, 0.25) is 0 Å². The van der Waals surface area contributed by atoms with Gasteiger partial charge in [0, 0.05) is 5.92 Å². The Labute approximate surface area is 94.6 Å². The first kappa shape index (κ1) is 12.8. The number of aliphatic hydroxyl groups is 1. The molecule has 0 saturated heterocycles. The molecule has 0 heterocycles. The lowest BCUT2D eigenvalue weighted by Gasteiger charge is -2.47. The molecule has 0 aromatic rings. The molecular formula is C14H26O. The highest BCUT2D eigenvalue weighted by Gasteiger charge is 2.45. The topological polar surface area (TPSA) is 20.2 Å². The molecular weight excluding hydrogens is 184 g/mol. The van der Waals surface area contributed by atoms with Crippen molar-refractivity contribution in [2.45, 2.75) is 52.6 Å². The van der Waals surface area contributed by atoms with Crippen LogP contribution in [0.3, 0.4) is 0 Å². The van der Waals surface area contributed by atoms with Gasteiger partial charge in [-0.05, 0) is 30.6 Å². The summed E-state index contributed by atoms with van der Waals surface area (Å²) in [5, 5.41) is 10.9. The van der Waals surface area contributed by atoms with Crippen molar-refractivity contribution < 1.29 is 5.11 Å². The van der Waals surface area contributed by atoms with Gasteiger partial charge in [0.1, 0.15) is 0 Å². The summed E-state index contributed by atoms with van der Waals surface area (Å²) in [5.74, 6) is 1.84. The van der Waals surface area contributed by atoms with Crippen molar-refractivity contribution in [3.05, 3.63) is 12.7 Å². The first-order chi connectivity index (χ1) is 6.91. The molecule has 1 N–H and O–H groups in total. The molecule has 1 nitrogen and oxygen atoms in total. The zero-order chi connectivity index (χ0) is 11.6. The highest BCUT2D eigenvalue weighted by atomic mass is 16.3. The van der Waals surface area contributed by atoms with Crippen LogP contribution in [0.4, 0.5) is 0 Å². The largest absolute Gasteiger partial charge is 0.389 e. The maximum Gasteiger partial charge on any atom is 0.0740 e. The maximum absolute atomic E-state index is 10.9. The van der Waals surface area contributed by atoms with E-state index >= 15 is 0 Å². The van der Waals surface area contributed by atoms with Crippen LogP contribution in [0.1, 0.15) is 47.0 Å². The second kappa shape index (κ2) is 4.69. The molecule has 1 unspecified atom stereocenters. The molecule has 15 heavy (non-hydrogen) atoms. The van der Waals surface area contributed by atoms with Crippen LogP contribution in [-0.4, -0.2) is 10.7 Å². The van der Waals surface area contributed by atoms with E-state index in [9.17, 15) is 5.11 Å². The quantitative estimate of drug-likeness (QED) is 0.705. The molecule has 1 aliphatic rings. The zero-order valence-corrected chi connectivity index (χ0v) is 10.7. The number of hydrogen-bond donors (Lipinski definition) is 1. The lowest BCUT2D eigenvalue weighted by Crippen LogP contribution is -2.49. The highest BCUT2D eigenvalue weighted by molar-refractivity contribution is 5.01. The first-order valence-corrected chi connectivity index (χ1v) is 6.26. The molecule has 0 aromatic heterocycles. The maximum atomic E-state index is 10.9. The van der Waals surface area contributed by atoms with Gasteiger partial charge in [-0.25, -0.2) is 0 Å². The van der Waals surface area contributed by atoms with Gasteiger partial charge in [-0.3, -0.25) is 0 Å². The third-order valence-corrected chi connectivity index (χ3v) is 4.23. The average molecular weight is 210 g/mol. The predicted molar refractivity (Wildman–Crippen MR) is 65.7 cm³/mol. The summed E-state index contributed by atoms with van der Waals surface area (Å²) in [6.45, 7) is 12.6. The van der Waals surface area contributed by atoms with Crippen molar-refractivity contribution >= 4 is 0 Å². The van der Waals surface area contributed by atoms with E-state index in [2.05, 4.69) is 34.3 Å². The van der Waals surface area contributed by atoms with Crippen LogP contribution < -0.4 is 0 Å². The smallest absolute Gasteiger partial charge is 0.0740 e. The minimum atomic E-state index is -0.520. The van der Waals surface area contributed by atoms with Gasteiger partial charge in [0.15, 0.2) is 0 Å². The molecule has 0 aromatic carbocycles. The van der Waals surface area contributed by atoms with Gasteiger partial charge in [0.05, 0.1) is 5.60 Å². The Morgan fingerprint density at radius 2 is 1.93 bits per heavy atom. The normalized spacial score (nSPS) is 39.1. The molecule has 1 aliphatic carbocycles. The second-order valence-electron chi connectivity index (χ2n) is 5.75. The van der Waals surface area contributed by atoms with Crippen molar-refractivity contribution in [3.8, 4) is 0 Å². The van der Waals surface area contributed by atoms with E-state index in [0.717, 1.165) is 12.8 Å². The van der Waals surface area contributed by atoms with Crippen LogP contribution in [-0.2, 0) is 0 Å². The minimum absolute atomic E-state index is 0.202. The van der Waals surface area contributed by atoms with Gasteiger partial charge in [-0.2, -0.15) is 0 Å². The van der Waals surface area contributed by atoms with E-state index < -0.39 is 5.60 Å². The van der Waals surface area contributed by atoms with Gasteiger partial charge in [-0.1, -0.05) is 40.2 Å². The molecule has 1 heteroatoms. The van der Waals surface area contributed by atoms with Crippen LogP contribution in [0, 0.1) is 23.7 Å². The SMILES string of the molecule is C=CC(C)[C@@]1(O)C[C@@H](C)CC[C@@H]1C(C)C. The second-order valence-corrected chi connectivity index (χ2v) is 5.75. The molecule has 0 aliphatic heterocycles. The number of hydrogen-bond acceptors (Lipinski definition) is 1. The standard InChI is InChI=1S/C14H26O/c1-6-12(5)14(15)9-11(4)7-8-13(14)10(2)3/h6,10-13,15H,1,7-9H2,2-5H3/t11-,12?,13+,14-/m0/s1. The number of rotatable bonds is 3. The van der Waals surface area contributed by atoms with Gasteiger partial charge in [0.25, 0.3) is 0 Å². The molecule has 88 valence electrons. The van der Waals surface area contributed by atoms with Crippen LogP contribution in [0.15, 0.2) is 12.7 Å². The van der Waals surface area contributed by atoms with E-state index in [-0.39, 0.29) is 5.92 Å². The Bertz CT molecular complexity index is 221. The molecule has 1 fully saturated rings. The zero-order valence-electron chi connectivity index (χ0n) is 10.7. The summed E-state index contributed by atoms with van der Waals surface area (Å²) < 4.78 is 0. The van der Waals surface area contributed by atoms with E-state index in [4.69, 9.17) is 0 Å². The average Bonchev–Trinajstić information content (AvgIpc) is 2.15. The molecule has 0 amide bonds. The Hall–Kier alpha value is -0.300. The van der Waals surface area contributed by atoms with Crippen LogP contribution in [0.5, 0.6) is 0 Å². The Balaban J connectivity index is 2.90. The summed E-state index contributed by atoms with van der Waals surface area (Å²) in [6, 6.07) is 0. The molecule has 4 atom stereocenters.